The standard InChI is InChI=1S/C11H11Cl2N5O/c12-9-7-8(10(13)17-16-9)11(19)14-3-1-5-18-6-2-4-15-18/h2,4,6-7H,1,3,5H2,(H,14,19). The third-order valence-electron chi connectivity index (χ3n) is 2.37. The third-order valence-corrected chi connectivity index (χ3v) is 2.84. The van der Waals surface area contributed by atoms with Crippen molar-refractivity contribution < 1.29 is 4.79 Å². The second kappa shape index (κ2) is 6.49. The second-order valence-electron chi connectivity index (χ2n) is 3.75. The largest absolute Gasteiger partial charge is 0.352 e. The molecule has 0 aliphatic carbocycles. The third kappa shape index (κ3) is 3.90. The van der Waals surface area contributed by atoms with Crippen LogP contribution in [0.1, 0.15) is 16.8 Å². The number of nitrogens with zero attached hydrogens (tertiary/aromatic N) is 4. The van der Waals surface area contributed by atoms with E-state index in [4.69, 9.17) is 23.2 Å². The molecule has 0 radical (unpaired) electrons. The number of carbonyl (C=O) groups is 1. The predicted octanol–water partition coefficient (Wildman–Crippen LogP) is 1.80. The minimum absolute atomic E-state index is 0.0361. The summed E-state index contributed by atoms with van der Waals surface area (Å²) in [4.78, 5) is 11.8. The predicted molar refractivity (Wildman–Crippen MR) is 71.2 cm³/mol. The number of amides is 1. The quantitative estimate of drug-likeness (QED) is 0.855. The number of hydrogen-bond acceptors (Lipinski definition) is 4. The molecule has 2 rings (SSSR count). The average Bonchev–Trinajstić information content (AvgIpc) is 2.90. The van der Waals surface area contributed by atoms with E-state index < -0.39 is 0 Å². The lowest BCUT2D eigenvalue weighted by Crippen LogP contribution is -2.26. The molecular formula is C11H11Cl2N5O. The summed E-state index contributed by atoms with van der Waals surface area (Å²) < 4.78 is 1.80. The van der Waals surface area contributed by atoms with E-state index in [1.54, 1.807) is 10.9 Å². The van der Waals surface area contributed by atoms with Crippen LogP contribution in [-0.2, 0) is 6.54 Å². The highest BCUT2D eigenvalue weighted by Gasteiger charge is 2.12. The molecule has 6 nitrogen and oxygen atoms in total. The number of hydrogen-bond donors (Lipinski definition) is 1. The van der Waals surface area contributed by atoms with Crippen LogP contribution < -0.4 is 5.32 Å². The van der Waals surface area contributed by atoms with Gasteiger partial charge in [0.15, 0.2) is 10.3 Å². The first-order valence-corrected chi connectivity index (χ1v) is 6.37. The fourth-order valence-corrected chi connectivity index (χ4v) is 1.81. The Kier molecular flexibility index (Phi) is 4.70. The van der Waals surface area contributed by atoms with E-state index in [0.29, 0.717) is 6.54 Å². The van der Waals surface area contributed by atoms with Crippen LogP contribution in [0.5, 0.6) is 0 Å². The highest BCUT2D eigenvalue weighted by atomic mass is 35.5. The van der Waals surface area contributed by atoms with Crippen molar-refractivity contribution >= 4 is 29.1 Å². The minimum atomic E-state index is -0.317. The second-order valence-corrected chi connectivity index (χ2v) is 4.50. The summed E-state index contributed by atoms with van der Waals surface area (Å²) in [7, 11) is 0. The van der Waals surface area contributed by atoms with Crippen LogP contribution in [-0.4, -0.2) is 32.4 Å². The molecule has 2 heterocycles. The van der Waals surface area contributed by atoms with Gasteiger partial charge in [0.05, 0.1) is 5.56 Å². The van der Waals surface area contributed by atoms with Crippen molar-refractivity contribution in [1.82, 2.24) is 25.3 Å². The molecule has 8 heteroatoms. The van der Waals surface area contributed by atoms with Crippen LogP contribution in [0, 0.1) is 0 Å². The summed E-state index contributed by atoms with van der Waals surface area (Å²) in [5.41, 5.74) is 0.223. The summed E-state index contributed by atoms with van der Waals surface area (Å²) in [6.07, 6.45) is 4.34. The number of aromatic nitrogens is 4. The van der Waals surface area contributed by atoms with Gasteiger partial charge < -0.3 is 5.32 Å². The van der Waals surface area contributed by atoms with Crippen molar-refractivity contribution in [2.45, 2.75) is 13.0 Å². The number of halogens is 2. The van der Waals surface area contributed by atoms with Crippen molar-refractivity contribution in [3.8, 4) is 0 Å². The van der Waals surface area contributed by atoms with Gasteiger partial charge >= 0.3 is 0 Å². The summed E-state index contributed by atoms with van der Waals surface area (Å²) in [6.45, 7) is 1.24. The Balaban J connectivity index is 1.82. The molecule has 1 N–H and O–H groups in total. The SMILES string of the molecule is O=C(NCCCn1cccn1)c1cc(Cl)nnc1Cl. The van der Waals surface area contributed by atoms with Gasteiger partial charge in [-0.25, -0.2) is 0 Å². The van der Waals surface area contributed by atoms with Crippen LogP contribution in [0.2, 0.25) is 10.3 Å². The van der Waals surface area contributed by atoms with Gasteiger partial charge in [0, 0.05) is 25.5 Å². The number of nitrogens with one attached hydrogen (secondary N) is 1. The van der Waals surface area contributed by atoms with Crippen LogP contribution in [0.15, 0.2) is 24.5 Å². The number of rotatable bonds is 5. The first kappa shape index (κ1) is 13.8. The van der Waals surface area contributed by atoms with Crippen molar-refractivity contribution in [2.75, 3.05) is 6.54 Å². The summed E-state index contributed by atoms with van der Waals surface area (Å²) in [6, 6.07) is 3.24. The van der Waals surface area contributed by atoms with Crippen molar-refractivity contribution in [2.24, 2.45) is 0 Å². The van der Waals surface area contributed by atoms with Gasteiger partial charge in [-0.3, -0.25) is 9.48 Å². The van der Waals surface area contributed by atoms with Crippen LogP contribution in [0.25, 0.3) is 0 Å². The molecule has 1 amide bonds. The first-order chi connectivity index (χ1) is 9.16. The van der Waals surface area contributed by atoms with Crippen molar-refractivity contribution in [1.29, 1.82) is 0 Å². The van der Waals surface area contributed by atoms with Crippen LogP contribution >= 0.6 is 23.2 Å². The highest BCUT2D eigenvalue weighted by molar-refractivity contribution is 6.34. The zero-order valence-electron chi connectivity index (χ0n) is 9.88. The normalized spacial score (nSPS) is 10.4. The molecule has 0 aromatic carbocycles. The highest BCUT2D eigenvalue weighted by Crippen LogP contribution is 2.14. The van der Waals surface area contributed by atoms with Gasteiger partial charge in [0.1, 0.15) is 0 Å². The maximum Gasteiger partial charge on any atom is 0.254 e. The molecule has 100 valence electrons. The topological polar surface area (TPSA) is 72.7 Å². The smallest absolute Gasteiger partial charge is 0.254 e. The molecule has 0 aliphatic rings. The van der Waals surface area contributed by atoms with Gasteiger partial charge in [0.25, 0.3) is 5.91 Å². The maximum absolute atomic E-state index is 11.8. The summed E-state index contributed by atoms with van der Waals surface area (Å²) >= 11 is 11.4. The fourth-order valence-electron chi connectivity index (χ4n) is 1.48. The Bertz CT molecular complexity index is 558. The van der Waals surface area contributed by atoms with E-state index in [-0.39, 0.29) is 21.8 Å². The van der Waals surface area contributed by atoms with Crippen LogP contribution in [0.4, 0.5) is 0 Å². The van der Waals surface area contributed by atoms with E-state index in [1.165, 1.54) is 6.07 Å². The number of aryl methyl sites for hydroxylation is 1. The lowest BCUT2D eigenvalue weighted by molar-refractivity contribution is 0.0952. The zero-order chi connectivity index (χ0) is 13.7. The maximum atomic E-state index is 11.8. The van der Waals surface area contributed by atoms with E-state index in [1.807, 2.05) is 12.3 Å². The average molecular weight is 300 g/mol. The Morgan fingerprint density at radius 2 is 2.21 bits per heavy atom. The molecular weight excluding hydrogens is 289 g/mol. The Labute approximate surface area is 119 Å². The molecule has 0 saturated carbocycles. The van der Waals surface area contributed by atoms with Crippen molar-refractivity contribution in [3.63, 3.8) is 0 Å². The lowest BCUT2D eigenvalue weighted by Gasteiger charge is -2.06. The number of carbonyl (C=O) groups excluding carboxylic acids is 1. The lowest BCUT2D eigenvalue weighted by atomic mass is 10.3. The molecule has 0 spiro atoms. The molecule has 19 heavy (non-hydrogen) atoms. The minimum Gasteiger partial charge on any atom is -0.352 e. The molecule has 0 unspecified atom stereocenters. The molecule has 0 saturated heterocycles. The summed E-state index contributed by atoms with van der Waals surface area (Å²) in [5, 5.41) is 14.1. The zero-order valence-corrected chi connectivity index (χ0v) is 11.4. The van der Waals surface area contributed by atoms with Crippen LogP contribution in [0.3, 0.4) is 0 Å². The van der Waals surface area contributed by atoms with Gasteiger partial charge in [-0.15, -0.1) is 10.2 Å². The van der Waals surface area contributed by atoms with Crippen molar-refractivity contribution in [3.05, 3.63) is 40.4 Å². The van der Waals surface area contributed by atoms with E-state index in [0.717, 1.165) is 13.0 Å². The molecule has 0 aliphatic heterocycles. The fraction of sp³-hybridized carbons (Fsp3) is 0.273. The molecule has 0 fully saturated rings. The first-order valence-electron chi connectivity index (χ1n) is 5.61. The van der Waals surface area contributed by atoms with E-state index in [2.05, 4.69) is 20.6 Å². The van der Waals surface area contributed by atoms with E-state index in [9.17, 15) is 4.79 Å². The van der Waals surface area contributed by atoms with Gasteiger partial charge in [-0.2, -0.15) is 5.10 Å². The van der Waals surface area contributed by atoms with Gasteiger partial charge in [-0.1, -0.05) is 23.2 Å². The molecule has 0 bridgehead atoms. The summed E-state index contributed by atoms with van der Waals surface area (Å²) in [5.74, 6) is -0.317. The Morgan fingerprint density at radius 1 is 1.37 bits per heavy atom. The Morgan fingerprint density at radius 3 is 2.95 bits per heavy atom. The Hall–Kier alpha value is -1.66. The van der Waals surface area contributed by atoms with E-state index >= 15 is 0 Å². The van der Waals surface area contributed by atoms with Gasteiger partial charge in [0.2, 0.25) is 0 Å². The van der Waals surface area contributed by atoms with Gasteiger partial charge in [-0.05, 0) is 18.6 Å². The molecule has 2 aromatic heterocycles. The molecule has 2 aromatic rings. The monoisotopic (exact) mass is 299 g/mol. The molecule has 0 atom stereocenters.